The maximum atomic E-state index is 9.89. The smallest absolute Gasteiger partial charge is 0.369 e. The number of oxime groups is 1. The average Bonchev–Trinajstić information content (AvgIpc) is 1.82. The monoisotopic (exact) mass is 128 g/mol. The molecule has 0 unspecified atom stereocenters. The van der Waals surface area contributed by atoms with Gasteiger partial charge in [-0.3, -0.25) is 0 Å². The predicted molar refractivity (Wildman–Crippen MR) is 27.7 cm³/mol. The van der Waals surface area contributed by atoms with Gasteiger partial charge in [-0.05, 0) is 0 Å². The van der Waals surface area contributed by atoms with Gasteiger partial charge >= 0.3 is 5.97 Å². The molecule has 0 aromatic heterocycles. The van der Waals surface area contributed by atoms with Gasteiger partial charge in [-0.1, -0.05) is 5.16 Å². The molecule has 0 radical (unpaired) electrons. The fraction of sp³-hybridized carbons (Fsp3) is 0.250. The van der Waals surface area contributed by atoms with Crippen LogP contribution < -0.4 is 0 Å². The molecule has 0 amide bonds. The lowest BCUT2D eigenvalue weighted by atomic mass is 10.4. The van der Waals surface area contributed by atoms with Gasteiger partial charge in [0.2, 0.25) is 0 Å². The Morgan fingerprint density at radius 1 is 1.89 bits per heavy atom. The van der Waals surface area contributed by atoms with Crippen LogP contribution in [0.1, 0.15) is 0 Å². The molecule has 0 saturated carbocycles. The Bertz CT molecular complexity index is 179. The first kappa shape index (κ1) is 7.43. The molecular formula is C4H4N2O3. The van der Waals surface area contributed by atoms with Crippen molar-refractivity contribution in [2.45, 2.75) is 0 Å². The molecule has 0 bridgehead atoms. The van der Waals surface area contributed by atoms with Crippen LogP contribution in [0.25, 0.3) is 0 Å². The van der Waals surface area contributed by atoms with Gasteiger partial charge in [0, 0.05) is 0 Å². The zero-order chi connectivity index (χ0) is 7.28. The van der Waals surface area contributed by atoms with Crippen LogP contribution in [0.2, 0.25) is 0 Å². The minimum atomic E-state index is -1.39. The van der Waals surface area contributed by atoms with Gasteiger partial charge in [-0.25, -0.2) is 4.79 Å². The summed E-state index contributed by atoms with van der Waals surface area (Å²) in [5, 5.41) is 19.0. The molecule has 5 nitrogen and oxygen atoms in total. The van der Waals surface area contributed by atoms with Crippen LogP contribution >= 0.6 is 0 Å². The molecule has 0 aromatic carbocycles. The Labute approximate surface area is 51.1 Å². The van der Waals surface area contributed by atoms with Crippen molar-refractivity contribution < 1.29 is 14.7 Å². The molecule has 0 aliphatic rings. The van der Waals surface area contributed by atoms with Gasteiger partial charge < -0.3 is 9.94 Å². The molecule has 0 atom stereocenters. The van der Waals surface area contributed by atoms with Crippen molar-refractivity contribution in [1.82, 2.24) is 0 Å². The molecule has 0 rings (SSSR count). The van der Waals surface area contributed by atoms with Crippen LogP contribution in [0.3, 0.4) is 0 Å². The topological polar surface area (TPSA) is 82.7 Å². The molecule has 0 aliphatic carbocycles. The predicted octanol–water partition coefficient (Wildman–Crippen LogP) is -0.403. The fourth-order valence-electron chi connectivity index (χ4n) is 0.199. The third-order valence-corrected chi connectivity index (χ3v) is 0.491. The van der Waals surface area contributed by atoms with Crippen molar-refractivity contribution in [1.29, 1.82) is 5.26 Å². The van der Waals surface area contributed by atoms with E-state index in [2.05, 4.69) is 9.99 Å². The summed E-state index contributed by atoms with van der Waals surface area (Å²) < 4.78 is 0. The highest BCUT2D eigenvalue weighted by atomic mass is 16.6. The number of rotatable bonds is 2. The lowest BCUT2D eigenvalue weighted by Gasteiger charge is -1.85. The molecule has 1 N–H and O–H groups in total. The zero-order valence-electron chi connectivity index (χ0n) is 4.66. The van der Waals surface area contributed by atoms with Crippen molar-refractivity contribution in [2.24, 2.45) is 5.16 Å². The number of hydrogen-bond donors (Lipinski definition) is 1. The highest BCUT2D eigenvalue weighted by Gasteiger charge is 2.06. The van der Waals surface area contributed by atoms with Crippen molar-refractivity contribution in [2.75, 3.05) is 7.11 Å². The molecule has 5 heteroatoms. The molecule has 0 aliphatic heterocycles. The van der Waals surface area contributed by atoms with Gasteiger partial charge in [0.25, 0.3) is 5.71 Å². The Kier molecular flexibility index (Phi) is 2.84. The van der Waals surface area contributed by atoms with E-state index in [0.29, 0.717) is 0 Å². The highest BCUT2D eigenvalue weighted by Crippen LogP contribution is 1.76. The van der Waals surface area contributed by atoms with E-state index in [1.165, 1.54) is 13.2 Å². The largest absolute Gasteiger partial charge is 0.476 e. The molecule has 0 aromatic rings. The van der Waals surface area contributed by atoms with Gasteiger partial charge in [-0.2, -0.15) is 5.26 Å². The lowest BCUT2D eigenvalue weighted by Crippen LogP contribution is -2.10. The average molecular weight is 128 g/mol. The summed E-state index contributed by atoms with van der Waals surface area (Å²) >= 11 is 0. The fourth-order valence-corrected chi connectivity index (χ4v) is 0.199. The molecule has 0 fully saturated rings. The molecule has 0 saturated heterocycles. The summed E-state index contributed by atoms with van der Waals surface area (Å²) in [5.41, 5.74) is -0.655. The standard InChI is InChI=1S/C4H4N2O3/c1-9-6-3(2-5)4(7)8/h1H3,(H,7,8). The first-order valence-electron chi connectivity index (χ1n) is 1.97. The second-order valence-electron chi connectivity index (χ2n) is 1.04. The SMILES string of the molecule is CON=C(C#N)C(=O)O. The first-order valence-corrected chi connectivity index (χ1v) is 1.97. The molecule has 0 spiro atoms. The number of nitriles is 1. The number of carbonyl (C=O) groups is 1. The van der Waals surface area contributed by atoms with Gasteiger partial charge in [0.05, 0.1) is 0 Å². The summed E-state index contributed by atoms with van der Waals surface area (Å²) in [6, 6.07) is 1.33. The van der Waals surface area contributed by atoms with E-state index in [9.17, 15) is 4.79 Å². The van der Waals surface area contributed by atoms with E-state index in [1.54, 1.807) is 0 Å². The minimum Gasteiger partial charge on any atom is -0.476 e. The number of aliphatic carboxylic acids is 1. The van der Waals surface area contributed by atoms with Crippen LogP contribution in [0.5, 0.6) is 0 Å². The maximum absolute atomic E-state index is 9.89. The summed E-state index contributed by atoms with van der Waals surface area (Å²) in [4.78, 5) is 13.9. The molecule has 48 valence electrons. The minimum absolute atomic E-state index is 0.655. The van der Waals surface area contributed by atoms with E-state index in [1.807, 2.05) is 0 Å². The van der Waals surface area contributed by atoms with E-state index in [0.717, 1.165) is 0 Å². The quantitative estimate of drug-likeness (QED) is 0.405. The summed E-state index contributed by atoms with van der Waals surface area (Å²) in [5.74, 6) is -1.39. The van der Waals surface area contributed by atoms with Gasteiger partial charge in [-0.15, -0.1) is 0 Å². The van der Waals surface area contributed by atoms with Crippen molar-refractivity contribution in [3.05, 3.63) is 0 Å². The third kappa shape index (κ3) is 2.29. The van der Waals surface area contributed by atoms with E-state index < -0.39 is 11.7 Å². The number of hydrogen-bond acceptors (Lipinski definition) is 4. The van der Waals surface area contributed by atoms with Crippen LogP contribution in [0.4, 0.5) is 0 Å². The van der Waals surface area contributed by atoms with Crippen LogP contribution in [-0.2, 0) is 9.63 Å². The Morgan fingerprint density at radius 2 is 2.44 bits per heavy atom. The van der Waals surface area contributed by atoms with Crippen LogP contribution in [-0.4, -0.2) is 23.9 Å². The first-order chi connectivity index (χ1) is 4.22. The highest BCUT2D eigenvalue weighted by molar-refractivity contribution is 6.42. The van der Waals surface area contributed by atoms with Gasteiger partial charge in [0.1, 0.15) is 13.2 Å². The normalized spacial score (nSPS) is 10.0. The molecule has 9 heavy (non-hydrogen) atoms. The van der Waals surface area contributed by atoms with Crippen LogP contribution in [0.15, 0.2) is 5.16 Å². The summed E-state index contributed by atoms with van der Waals surface area (Å²) in [6.45, 7) is 0. The molecular weight excluding hydrogens is 124 g/mol. The van der Waals surface area contributed by atoms with Crippen LogP contribution in [0, 0.1) is 11.3 Å². The van der Waals surface area contributed by atoms with E-state index in [-0.39, 0.29) is 0 Å². The Morgan fingerprint density at radius 3 is 2.56 bits per heavy atom. The maximum Gasteiger partial charge on any atom is 0.369 e. The number of carboxylic acids is 1. The second-order valence-corrected chi connectivity index (χ2v) is 1.04. The Hall–Kier alpha value is -1.57. The van der Waals surface area contributed by atoms with Crippen molar-refractivity contribution in [3.8, 4) is 6.07 Å². The van der Waals surface area contributed by atoms with E-state index >= 15 is 0 Å². The van der Waals surface area contributed by atoms with E-state index in [4.69, 9.17) is 10.4 Å². The van der Waals surface area contributed by atoms with Crippen molar-refractivity contribution >= 4 is 11.7 Å². The second kappa shape index (κ2) is 3.43. The lowest BCUT2D eigenvalue weighted by molar-refractivity contribution is -0.129. The summed E-state index contributed by atoms with van der Waals surface area (Å²) in [6.07, 6.45) is 0. The number of nitrogens with zero attached hydrogens (tertiary/aromatic N) is 2. The number of carboxylic acid groups (broad SMARTS) is 1. The zero-order valence-corrected chi connectivity index (χ0v) is 4.66. The van der Waals surface area contributed by atoms with Crippen molar-refractivity contribution in [3.63, 3.8) is 0 Å². The van der Waals surface area contributed by atoms with Gasteiger partial charge in [0.15, 0.2) is 0 Å². The molecule has 0 heterocycles. The third-order valence-electron chi connectivity index (χ3n) is 0.491. The Balaban J connectivity index is 4.20. The summed E-state index contributed by atoms with van der Waals surface area (Å²) in [7, 11) is 1.17.